The van der Waals surface area contributed by atoms with Crippen LogP contribution < -0.4 is 10.6 Å². The topological polar surface area (TPSA) is 155 Å². The van der Waals surface area contributed by atoms with Crippen molar-refractivity contribution >= 4 is 40.7 Å². The summed E-state index contributed by atoms with van der Waals surface area (Å²) in [7, 11) is 0. The Morgan fingerprint density at radius 1 is 0.700 bits per heavy atom. The second-order valence-corrected chi connectivity index (χ2v) is 9.57. The molecule has 0 atom stereocenters. The number of carboxylic acids is 1. The van der Waals surface area contributed by atoms with Gasteiger partial charge in [-0.25, -0.2) is 0 Å². The van der Waals surface area contributed by atoms with E-state index in [4.69, 9.17) is 19.4 Å². The molecule has 2 saturated heterocycles. The smallest absolute Gasteiger partial charge is 0.300 e. The number of ether oxygens (including phenoxy) is 2. The minimum atomic E-state index is -0.833. The lowest BCUT2D eigenvalue weighted by atomic mass is 9.83. The average molecular weight is 553 g/mol. The van der Waals surface area contributed by atoms with Crippen LogP contribution in [0.15, 0.2) is 36.4 Å². The van der Waals surface area contributed by atoms with Gasteiger partial charge in [0, 0.05) is 66.7 Å². The fourth-order valence-corrected chi connectivity index (χ4v) is 4.63. The van der Waals surface area contributed by atoms with Gasteiger partial charge in [-0.3, -0.25) is 33.8 Å². The average Bonchev–Trinajstić information content (AvgIpc) is 2.92. The van der Waals surface area contributed by atoms with Gasteiger partial charge < -0.3 is 25.2 Å². The molecule has 12 nitrogen and oxygen atoms in total. The Balaban J connectivity index is 0.000000867. The van der Waals surface area contributed by atoms with Crippen LogP contribution in [0.5, 0.6) is 0 Å². The van der Waals surface area contributed by atoms with E-state index in [0.29, 0.717) is 64.0 Å². The summed E-state index contributed by atoms with van der Waals surface area (Å²) in [6.07, 6.45) is 0. The van der Waals surface area contributed by atoms with Crippen LogP contribution in [0.3, 0.4) is 0 Å². The number of carbonyl (C=O) groups is 5. The van der Waals surface area contributed by atoms with Crippen LogP contribution in [-0.2, 0) is 23.9 Å². The number of nitrogens with one attached hydrogen (secondary N) is 2. The van der Waals surface area contributed by atoms with Crippen LogP contribution in [-0.4, -0.2) is 110 Å². The second-order valence-electron chi connectivity index (χ2n) is 9.57. The Morgan fingerprint density at radius 3 is 1.40 bits per heavy atom. The largest absolute Gasteiger partial charge is 0.481 e. The zero-order chi connectivity index (χ0) is 28.6. The van der Waals surface area contributed by atoms with E-state index in [-0.39, 0.29) is 58.7 Å². The lowest BCUT2D eigenvalue weighted by Gasteiger charge is -2.26. The number of hydrogen-bond donors (Lipinski definition) is 3. The van der Waals surface area contributed by atoms with Gasteiger partial charge >= 0.3 is 0 Å². The maximum Gasteiger partial charge on any atom is 0.300 e. The van der Waals surface area contributed by atoms with Gasteiger partial charge in [-0.1, -0.05) is 0 Å². The number of anilines is 2. The summed E-state index contributed by atoms with van der Waals surface area (Å²) in [6, 6.07) is 9.47. The first-order chi connectivity index (χ1) is 19.2. The number of nitrogens with zero attached hydrogens (tertiary/aromatic N) is 2. The van der Waals surface area contributed by atoms with Crippen LogP contribution in [0.1, 0.15) is 38.8 Å². The third-order valence-corrected chi connectivity index (χ3v) is 6.53. The summed E-state index contributed by atoms with van der Waals surface area (Å²) in [5, 5.41) is 13.1. The summed E-state index contributed by atoms with van der Waals surface area (Å²) >= 11 is 0. The molecule has 12 heteroatoms. The molecule has 0 bridgehead atoms. The minimum absolute atomic E-state index is 0.190. The SMILES string of the molecule is CC(=O)O.O=C(CN1CCOCC1)Nc1ccc2c(c1)C(=O)c1ccc(NC(=O)CN3CCOCC3)cc1C2=O. The summed E-state index contributed by atoms with van der Waals surface area (Å²) in [5.41, 5.74) is 1.97. The standard InChI is InChI=1S/C26H28N4O6.C2H4O2/c31-23(15-29-5-9-35-10-6-29)27-17-1-3-19-21(13-17)26(34)20-4-2-18(14-22(20)25(19)33)28-24(32)16-30-7-11-36-12-8-30;1-2(3)4/h1-4,13-14H,5-12,15-16H2,(H,27,31)(H,28,32);1H3,(H,3,4). The van der Waals surface area contributed by atoms with Crippen LogP contribution in [0.4, 0.5) is 11.4 Å². The van der Waals surface area contributed by atoms with E-state index < -0.39 is 5.97 Å². The van der Waals surface area contributed by atoms with Crippen LogP contribution >= 0.6 is 0 Å². The molecule has 0 unspecified atom stereocenters. The zero-order valence-electron chi connectivity index (χ0n) is 22.2. The molecule has 2 aliphatic heterocycles. The maximum absolute atomic E-state index is 13.2. The van der Waals surface area contributed by atoms with Crippen molar-refractivity contribution in [1.29, 1.82) is 0 Å². The Hall–Kier alpha value is -3.97. The highest BCUT2D eigenvalue weighted by molar-refractivity contribution is 6.29. The molecule has 2 aromatic carbocycles. The number of benzene rings is 2. The molecular formula is C28H32N4O8. The molecule has 1 aliphatic carbocycles. The summed E-state index contributed by atoms with van der Waals surface area (Å²) < 4.78 is 10.6. The quantitative estimate of drug-likeness (QED) is 0.405. The number of aliphatic carboxylic acids is 1. The Kier molecular flexibility index (Phi) is 9.72. The van der Waals surface area contributed by atoms with Gasteiger partial charge in [0.2, 0.25) is 11.8 Å². The summed E-state index contributed by atoms with van der Waals surface area (Å²) in [6.45, 7) is 6.71. The minimum Gasteiger partial charge on any atom is -0.481 e. The third-order valence-electron chi connectivity index (χ3n) is 6.53. The predicted molar refractivity (Wildman–Crippen MR) is 145 cm³/mol. The van der Waals surface area contributed by atoms with Crippen molar-refractivity contribution in [2.75, 3.05) is 76.3 Å². The van der Waals surface area contributed by atoms with E-state index in [9.17, 15) is 19.2 Å². The van der Waals surface area contributed by atoms with Crippen molar-refractivity contribution in [3.05, 3.63) is 58.7 Å². The van der Waals surface area contributed by atoms with Gasteiger partial charge in [-0.05, 0) is 36.4 Å². The fraction of sp³-hybridized carbons (Fsp3) is 0.393. The van der Waals surface area contributed by atoms with Crippen molar-refractivity contribution in [1.82, 2.24) is 9.80 Å². The number of hydrogen-bond acceptors (Lipinski definition) is 9. The van der Waals surface area contributed by atoms with Crippen molar-refractivity contribution in [2.45, 2.75) is 6.92 Å². The van der Waals surface area contributed by atoms with Gasteiger partial charge in [0.15, 0.2) is 11.6 Å². The first-order valence-electron chi connectivity index (χ1n) is 13.0. The molecule has 2 aromatic rings. The number of carboxylic acid groups (broad SMARTS) is 1. The normalized spacial score (nSPS) is 17.1. The zero-order valence-corrected chi connectivity index (χ0v) is 22.2. The van der Waals surface area contributed by atoms with Crippen LogP contribution in [0.25, 0.3) is 0 Å². The number of fused-ring (bicyclic) bond motifs is 2. The highest BCUT2D eigenvalue weighted by Crippen LogP contribution is 2.31. The molecular weight excluding hydrogens is 520 g/mol. The number of morpholine rings is 2. The molecule has 0 saturated carbocycles. The number of rotatable bonds is 6. The van der Waals surface area contributed by atoms with Gasteiger partial charge in [0.25, 0.3) is 5.97 Å². The molecule has 5 rings (SSSR count). The van der Waals surface area contributed by atoms with Crippen LogP contribution in [0.2, 0.25) is 0 Å². The van der Waals surface area contributed by atoms with Crippen molar-refractivity contribution < 1.29 is 38.6 Å². The Bertz CT molecular complexity index is 1200. The van der Waals surface area contributed by atoms with E-state index >= 15 is 0 Å². The van der Waals surface area contributed by atoms with E-state index in [1.807, 2.05) is 9.80 Å². The molecule has 3 aliphatic rings. The van der Waals surface area contributed by atoms with Gasteiger partial charge in [0.05, 0.1) is 39.5 Å². The molecule has 3 N–H and O–H groups in total. The lowest BCUT2D eigenvalue weighted by Crippen LogP contribution is -2.41. The van der Waals surface area contributed by atoms with Crippen molar-refractivity contribution in [3.63, 3.8) is 0 Å². The van der Waals surface area contributed by atoms with E-state index in [1.165, 1.54) is 0 Å². The van der Waals surface area contributed by atoms with Crippen molar-refractivity contribution in [3.8, 4) is 0 Å². The third kappa shape index (κ3) is 7.57. The van der Waals surface area contributed by atoms with E-state index in [0.717, 1.165) is 6.92 Å². The van der Waals surface area contributed by atoms with Gasteiger partial charge in [-0.15, -0.1) is 0 Å². The van der Waals surface area contributed by atoms with Gasteiger partial charge in [-0.2, -0.15) is 0 Å². The summed E-state index contributed by atoms with van der Waals surface area (Å²) in [5.74, 6) is -1.81. The van der Waals surface area contributed by atoms with E-state index in [2.05, 4.69) is 10.6 Å². The molecule has 0 radical (unpaired) electrons. The highest BCUT2D eigenvalue weighted by Gasteiger charge is 2.30. The van der Waals surface area contributed by atoms with Gasteiger partial charge in [0.1, 0.15) is 0 Å². The summed E-state index contributed by atoms with van der Waals surface area (Å²) in [4.78, 5) is 64.3. The molecule has 0 spiro atoms. The molecule has 2 fully saturated rings. The second kappa shape index (κ2) is 13.4. The monoisotopic (exact) mass is 552 g/mol. The molecule has 0 aromatic heterocycles. The lowest BCUT2D eigenvalue weighted by molar-refractivity contribution is -0.134. The molecule has 40 heavy (non-hydrogen) atoms. The number of ketones is 2. The fourth-order valence-electron chi connectivity index (χ4n) is 4.63. The van der Waals surface area contributed by atoms with Crippen LogP contribution in [0, 0.1) is 0 Å². The predicted octanol–water partition coefficient (Wildman–Crippen LogP) is 1.09. The molecule has 2 amide bonds. The number of amides is 2. The molecule has 212 valence electrons. The van der Waals surface area contributed by atoms with Crippen molar-refractivity contribution in [2.24, 2.45) is 0 Å². The van der Waals surface area contributed by atoms with E-state index in [1.54, 1.807) is 36.4 Å². The Morgan fingerprint density at radius 2 is 1.05 bits per heavy atom. The first kappa shape index (κ1) is 29.0. The molecule has 2 heterocycles. The highest BCUT2D eigenvalue weighted by atomic mass is 16.5. The number of carbonyl (C=O) groups excluding carboxylic acids is 4. The first-order valence-corrected chi connectivity index (χ1v) is 13.0. The Labute approximate surface area is 231 Å². The maximum atomic E-state index is 13.2.